The van der Waals surface area contributed by atoms with E-state index in [1.54, 1.807) is 0 Å². The van der Waals surface area contributed by atoms with E-state index < -0.39 is 0 Å². The highest BCUT2D eigenvalue weighted by atomic mass is 16.3. The standard InChI is InChI=1S/C19H27NO/c21-19-7-3-6-15-16-11-13-20(18(16)9-8-17(15)19)12-10-14-4-1-2-5-14/h3,6-7,14,16,18,21H,1-2,4-5,8-13H2/t16-,18+/m0/s1. The van der Waals surface area contributed by atoms with Gasteiger partial charge in [-0.25, -0.2) is 0 Å². The molecule has 4 rings (SSSR count). The molecule has 2 fully saturated rings. The fraction of sp³-hybridized carbons (Fsp3) is 0.684. The van der Waals surface area contributed by atoms with Crippen molar-refractivity contribution in [3.63, 3.8) is 0 Å². The molecule has 1 aromatic carbocycles. The van der Waals surface area contributed by atoms with E-state index in [1.165, 1.54) is 69.2 Å². The van der Waals surface area contributed by atoms with Crippen LogP contribution in [0.5, 0.6) is 5.75 Å². The first kappa shape index (κ1) is 13.6. The lowest BCUT2D eigenvalue weighted by Gasteiger charge is -2.34. The molecule has 2 atom stereocenters. The molecule has 2 nitrogen and oxygen atoms in total. The van der Waals surface area contributed by atoms with Crippen LogP contribution in [-0.2, 0) is 6.42 Å². The molecule has 2 heteroatoms. The van der Waals surface area contributed by atoms with Gasteiger partial charge in [-0.15, -0.1) is 0 Å². The summed E-state index contributed by atoms with van der Waals surface area (Å²) in [6, 6.07) is 6.87. The first-order chi connectivity index (χ1) is 10.3. The highest BCUT2D eigenvalue weighted by Gasteiger charge is 2.39. The summed E-state index contributed by atoms with van der Waals surface area (Å²) in [4.78, 5) is 2.76. The van der Waals surface area contributed by atoms with Crippen molar-refractivity contribution in [3.05, 3.63) is 29.3 Å². The number of phenols is 1. The summed E-state index contributed by atoms with van der Waals surface area (Å²) < 4.78 is 0. The zero-order valence-electron chi connectivity index (χ0n) is 12.9. The minimum Gasteiger partial charge on any atom is -0.508 e. The fourth-order valence-electron chi connectivity index (χ4n) is 5.09. The molecule has 1 saturated heterocycles. The molecular formula is C19H27NO. The molecule has 0 amide bonds. The molecule has 0 radical (unpaired) electrons. The van der Waals surface area contributed by atoms with E-state index in [0.717, 1.165) is 18.4 Å². The molecule has 3 aliphatic rings. The van der Waals surface area contributed by atoms with Gasteiger partial charge in [0, 0.05) is 12.0 Å². The maximum absolute atomic E-state index is 10.1. The minimum absolute atomic E-state index is 0.523. The van der Waals surface area contributed by atoms with E-state index in [-0.39, 0.29) is 0 Å². The first-order valence-corrected chi connectivity index (χ1v) is 8.88. The Bertz CT molecular complexity index is 506. The number of aromatic hydroxyl groups is 1. The largest absolute Gasteiger partial charge is 0.508 e. The van der Waals surface area contributed by atoms with Crippen LogP contribution in [0.1, 0.15) is 62.0 Å². The van der Waals surface area contributed by atoms with E-state index in [1.807, 2.05) is 12.1 Å². The second-order valence-electron chi connectivity index (χ2n) is 7.32. The SMILES string of the molecule is Oc1cccc2c1CC[C@@H]1[C@H]2CCN1CCC1CCCC1. The molecule has 0 unspecified atom stereocenters. The molecule has 0 bridgehead atoms. The summed E-state index contributed by atoms with van der Waals surface area (Å²) in [7, 11) is 0. The molecule has 1 aromatic rings. The first-order valence-electron chi connectivity index (χ1n) is 8.88. The molecule has 2 aliphatic carbocycles. The van der Waals surface area contributed by atoms with Crippen molar-refractivity contribution in [2.24, 2.45) is 5.92 Å². The average Bonchev–Trinajstić information content (AvgIpc) is 3.15. The van der Waals surface area contributed by atoms with Gasteiger partial charge >= 0.3 is 0 Å². The lowest BCUT2D eigenvalue weighted by molar-refractivity contribution is 0.211. The minimum atomic E-state index is 0.523. The number of fused-ring (bicyclic) bond motifs is 3. The number of rotatable bonds is 3. The van der Waals surface area contributed by atoms with Gasteiger partial charge in [-0.05, 0) is 61.9 Å². The Morgan fingerprint density at radius 3 is 2.81 bits per heavy atom. The highest BCUT2D eigenvalue weighted by Crippen LogP contribution is 2.44. The predicted octanol–water partition coefficient (Wildman–Crippen LogP) is 4.08. The quantitative estimate of drug-likeness (QED) is 0.904. The van der Waals surface area contributed by atoms with Gasteiger partial charge in [0.1, 0.15) is 5.75 Å². The van der Waals surface area contributed by atoms with Gasteiger partial charge in [0.2, 0.25) is 0 Å². The van der Waals surface area contributed by atoms with Crippen LogP contribution in [-0.4, -0.2) is 29.1 Å². The lowest BCUT2D eigenvalue weighted by Crippen LogP contribution is -2.36. The van der Waals surface area contributed by atoms with Crippen molar-refractivity contribution in [2.75, 3.05) is 13.1 Å². The smallest absolute Gasteiger partial charge is 0.119 e. The fourth-order valence-corrected chi connectivity index (χ4v) is 5.09. The zero-order chi connectivity index (χ0) is 14.2. The molecule has 114 valence electrons. The van der Waals surface area contributed by atoms with Crippen LogP contribution in [0.2, 0.25) is 0 Å². The van der Waals surface area contributed by atoms with Gasteiger partial charge in [-0.3, -0.25) is 4.90 Å². The van der Waals surface area contributed by atoms with E-state index in [9.17, 15) is 5.11 Å². The molecule has 21 heavy (non-hydrogen) atoms. The molecule has 0 spiro atoms. The third kappa shape index (κ3) is 2.48. The van der Waals surface area contributed by atoms with Crippen LogP contribution >= 0.6 is 0 Å². The van der Waals surface area contributed by atoms with Crippen molar-refractivity contribution in [2.45, 2.75) is 63.3 Å². The average molecular weight is 285 g/mol. The Morgan fingerprint density at radius 1 is 1.10 bits per heavy atom. The number of likely N-dealkylation sites (tertiary alicyclic amines) is 1. The van der Waals surface area contributed by atoms with Crippen molar-refractivity contribution in [3.8, 4) is 5.75 Å². The third-order valence-electron chi connectivity index (χ3n) is 6.24. The Morgan fingerprint density at radius 2 is 1.95 bits per heavy atom. The van der Waals surface area contributed by atoms with Crippen molar-refractivity contribution < 1.29 is 5.11 Å². The Kier molecular flexibility index (Phi) is 3.66. The summed E-state index contributed by atoms with van der Waals surface area (Å²) in [5, 5.41) is 10.1. The van der Waals surface area contributed by atoms with Crippen LogP contribution < -0.4 is 0 Å². The van der Waals surface area contributed by atoms with Gasteiger partial charge in [-0.1, -0.05) is 37.8 Å². The van der Waals surface area contributed by atoms with Gasteiger partial charge in [0.15, 0.2) is 0 Å². The summed E-state index contributed by atoms with van der Waals surface area (Å²) in [6.45, 7) is 2.57. The molecule has 1 aliphatic heterocycles. The summed E-state index contributed by atoms with van der Waals surface area (Å²) in [5.74, 6) is 2.20. The Labute approximate surface area is 128 Å². The predicted molar refractivity (Wildman–Crippen MR) is 85.7 cm³/mol. The van der Waals surface area contributed by atoms with Crippen molar-refractivity contribution >= 4 is 0 Å². The second kappa shape index (κ2) is 5.64. The molecule has 1 heterocycles. The van der Waals surface area contributed by atoms with Gasteiger partial charge < -0.3 is 5.11 Å². The summed E-state index contributed by atoms with van der Waals surface area (Å²) in [6.07, 6.45) is 10.9. The molecule has 0 aromatic heterocycles. The molecular weight excluding hydrogens is 258 g/mol. The molecule has 1 N–H and O–H groups in total. The van der Waals surface area contributed by atoms with E-state index in [4.69, 9.17) is 0 Å². The van der Waals surface area contributed by atoms with Crippen LogP contribution in [0.25, 0.3) is 0 Å². The number of benzene rings is 1. The highest BCUT2D eigenvalue weighted by molar-refractivity contribution is 5.44. The topological polar surface area (TPSA) is 23.5 Å². The summed E-state index contributed by atoms with van der Waals surface area (Å²) >= 11 is 0. The normalized spacial score (nSPS) is 29.5. The number of nitrogens with zero attached hydrogens (tertiary/aromatic N) is 1. The van der Waals surface area contributed by atoms with Crippen LogP contribution in [0.15, 0.2) is 18.2 Å². The van der Waals surface area contributed by atoms with Crippen LogP contribution in [0.4, 0.5) is 0 Å². The van der Waals surface area contributed by atoms with Crippen LogP contribution in [0.3, 0.4) is 0 Å². The monoisotopic (exact) mass is 285 g/mol. The maximum Gasteiger partial charge on any atom is 0.119 e. The van der Waals surface area contributed by atoms with E-state index in [0.29, 0.717) is 11.7 Å². The number of phenolic OH excluding ortho intramolecular Hbond substituents is 1. The van der Waals surface area contributed by atoms with Crippen LogP contribution in [0, 0.1) is 5.92 Å². The lowest BCUT2D eigenvalue weighted by atomic mass is 9.79. The Hall–Kier alpha value is -1.02. The summed E-state index contributed by atoms with van der Waals surface area (Å²) in [5.41, 5.74) is 2.67. The third-order valence-corrected chi connectivity index (χ3v) is 6.24. The zero-order valence-corrected chi connectivity index (χ0v) is 12.9. The Balaban J connectivity index is 1.45. The molecule has 1 saturated carbocycles. The maximum atomic E-state index is 10.1. The van der Waals surface area contributed by atoms with Crippen molar-refractivity contribution in [1.29, 1.82) is 0 Å². The van der Waals surface area contributed by atoms with Gasteiger partial charge in [-0.2, -0.15) is 0 Å². The van der Waals surface area contributed by atoms with E-state index >= 15 is 0 Å². The number of hydrogen-bond acceptors (Lipinski definition) is 2. The van der Waals surface area contributed by atoms with Gasteiger partial charge in [0.05, 0.1) is 0 Å². The van der Waals surface area contributed by atoms with Gasteiger partial charge in [0.25, 0.3) is 0 Å². The second-order valence-corrected chi connectivity index (χ2v) is 7.32. The number of hydrogen-bond donors (Lipinski definition) is 1. The van der Waals surface area contributed by atoms with Crippen molar-refractivity contribution in [1.82, 2.24) is 4.90 Å². The van der Waals surface area contributed by atoms with E-state index in [2.05, 4.69) is 11.0 Å².